The van der Waals surface area contributed by atoms with Crippen molar-refractivity contribution in [3.05, 3.63) is 83.9 Å². The molecule has 0 aliphatic rings. The number of carbonyl (C=O) groups is 1. The molecule has 144 valence electrons. The molecule has 0 unspecified atom stereocenters. The van der Waals surface area contributed by atoms with Crippen LogP contribution in [-0.4, -0.2) is 11.9 Å². The number of hydrogen-bond acceptors (Lipinski definition) is 3. The molecule has 3 rings (SSSR count). The Morgan fingerprint density at radius 3 is 2.00 bits per heavy atom. The minimum Gasteiger partial charge on any atom is -0.457 e. The minimum absolute atomic E-state index is 0.456. The van der Waals surface area contributed by atoms with Crippen molar-refractivity contribution in [2.75, 3.05) is 10.6 Å². The van der Waals surface area contributed by atoms with E-state index >= 15 is 0 Å². The molecule has 0 saturated carbocycles. The number of hydrogen-bond donors (Lipinski definition) is 2. The Morgan fingerprint density at radius 2 is 1.43 bits per heavy atom. The van der Waals surface area contributed by atoms with Crippen LogP contribution in [0.5, 0.6) is 11.5 Å². The van der Waals surface area contributed by atoms with Crippen LogP contribution in [0.25, 0.3) is 0 Å². The maximum atomic E-state index is 13.7. The van der Waals surface area contributed by atoms with E-state index in [2.05, 4.69) is 10.6 Å². The van der Waals surface area contributed by atoms with E-state index in [0.29, 0.717) is 11.4 Å². The monoisotopic (exact) mass is 382 g/mol. The van der Waals surface area contributed by atoms with Crippen LogP contribution in [0.2, 0.25) is 0 Å². The largest absolute Gasteiger partial charge is 0.457 e. The predicted octanol–water partition coefficient (Wildman–Crippen LogP) is 5.50. The highest BCUT2D eigenvalue weighted by atomic mass is 19.1. The van der Waals surface area contributed by atoms with Crippen LogP contribution in [-0.2, 0) is 4.79 Å². The molecule has 2 N–H and O–H groups in total. The maximum Gasteiger partial charge on any atom is 0.246 e. The number of benzene rings is 3. The Morgan fingerprint density at radius 1 is 0.893 bits per heavy atom. The van der Waals surface area contributed by atoms with E-state index in [1.54, 1.807) is 31.2 Å². The van der Waals surface area contributed by atoms with Crippen LogP contribution in [0.4, 0.5) is 20.2 Å². The molecule has 0 aromatic heterocycles. The minimum atomic E-state index is -0.821. The SMILES string of the molecule is Cc1ccc(Oc2ccc(N[C@H](C)C(=O)Nc3c(F)cccc3F)cc2)cc1. The van der Waals surface area contributed by atoms with Crippen molar-refractivity contribution in [2.24, 2.45) is 0 Å². The number of amides is 1. The molecule has 1 amide bonds. The summed E-state index contributed by atoms with van der Waals surface area (Å²) in [6, 6.07) is 17.5. The normalized spacial score (nSPS) is 11.6. The number of rotatable bonds is 6. The number of ether oxygens (including phenoxy) is 1. The third kappa shape index (κ3) is 4.85. The summed E-state index contributed by atoms with van der Waals surface area (Å²) in [5.41, 5.74) is 1.37. The van der Waals surface area contributed by atoms with Gasteiger partial charge >= 0.3 is 0 Å². The fourth-order valence-corrected chi connectivity index (χ4v) is 2.53. The lowest BCUT2D eigenvalue weighted by Crippen LogP contribution is -2.32. The van der Waals surface area contributed by atoms with Crippen LogP contribution in [0.1, 0.15) is 12.5 Å². The van der Waals surface area contributed by atoms with Gasteiger partial charge in [-0.05, 0) is 62.4 Å². The Bertz CT molecular complexity index is 937. The number of nitrogens with one attached hydrogen (secondary N) is 2. The number of anilines is 2. The van der Waals surface area contributed by atoms with Crippen molar-refractivity contribution in [3.63, 3.8) is 0 Å². The quantitative estimate of drug-likeness (QED) is 0.591. The van der Waals surface area contributed by atoms with E-state index in [1.807, 2.05) is 31.2 Å². The molecule has 0 fully saturated rings. The molecule has 0 spiro atoms. The second-order valence-electron chi connectivity index (χ2n) is 6.39. The van der Waals surface area contributed by atoms with Gasteiger partial charge in [0.15, 0.2) is 0 Å². The molecular formula is C22H20F2N2O2. The molecule has 0 saturated heterocycles. The van der Waals surface area contributed by atoms with Crippen LogP contribution >= 0.6 is 0 Å². The number of aryl methyl sites for hydroxylation is 1. The molecular weight excluding hydrogens is 362 g/mol. The molecule has 0 heterocycles. The van der Waals surface area contributed by atoms with Gasteiger partial charge in [0, 0.05) is 5.69 Å². The molecule has 4 nitrogen and oxygen atoms in total. The summed E-state index contributed by atoms with van der Waals surface area (Å²) < 4.78 is 33.1. The first kappa shape index (κ1) is 19.4. The average Bonchev–Trinajstić information content (AvgIpc) is 2.68. The maximum absolute atomic E-state index is 13.7. The molecule has 0 aliphatic heterocycles. The zero-order valence-electron chi connectivity index (χ0n) is 15.5. The van der Waals surface area contributed by atoms with E-state index in [9.17, 15) is 13.6 Å². The summed E-state index contributed by atoms with van der Waals surface area (Å²) in [5, 5.41) is 5.26. The summed E-state index contributed by atoms with van der Waals surface area (Å²) in [5.74, 6) is -0.814. The molecule has 0 bridgehead atoms. The lowest BCUT2D eigenvalue weighted by molar-refractivity contribution is -0.116. The fourth-order valence-electron chi connectivity index (χ4n) is 2.53. The van der Waals surface area contributed by atoms with Crippen molar-refractivity contribution < 1.29 is 18.3 Å². The van der Waals surface area contributed by atoms with Gasteiger partial charge < -0.3 is 15.4 Å². The van der Waals surface area contributed by atoms with Crippen LogP contribution in [0.3, 0.4) is 0 Å². The first-order chi connectivity index (χ1) is 13.4. The van der Waals surface area contributed by atoms with E-state index in [1.165, 1.54) is 6.07 Å². The van der Waals surface area contributed by atoms with Crippen molar-refractivity contribution in [2.45, 2.75) is 19.9 Å². The molecule has 6 heteroatoms. The molecule has 0 radical (unpaired) electrons. The zero-order chi connectivity index (χ0) is 20.1. The molecule has 3 aromatic rings. The van der Waals surface area contributed by atoms with E-state index in [0.717, 1.165) is 23.4 Å². The summed E-state index contributed by atoms with van der Waals surface area (Å²) in [4.78, 5) is 12.2. The van der Waals surface area contributed by atoms with Crippen molar-refractivity contribution in [1.82, 2.24) is 0 Å². The summed E-state index contributed by atoms with van der Waals surface area (Å²) >= 11 is 0. The van der Waals surface area contributed by atoms with Gasteiger partial charge in [-0.15, -0.1) is 0 Å². The number of carbonyl (C=O) groups excluding carboxylic acids is 1. The van der Waals surface area contributed by atoms with Crippen molar-refractivity contribution in [3.8, 4) is 11.5 Å². The van der Waals surface area contributed by atoms with Crippen LogP contribution < -0.4 is 15.4 Å². The van der Waals surface area contributed by atoms with Crippen molar-refractivity contribution in [1.29, 1.82) is 0 Å². The predicted molar refractivity (Wildman–Crippen MR) is 106 cm³/mol. The van der Waals surface area contributed by atoms with Crippen LogP contribution in [0.15, 0.2) is 66.7 Å². The summed E-state index contributed by atoms with van der Waals surface area (Å²) in [6.45, 7) is 3.60. The Kier molecular flexibility index (Phi) is 5.89. The van der Waals surface area contributed by atoms with Gasteiger partial charge in [-0.3, -0.25) is 4.79 Å². The standard InChI is InChI=1S/C22H20F2N2O2/c1-14-6-10-17(11-7-14)28-18-12-8-16(9-13-18)25-15(2)22(27)26-21-19(23)4-3-5-20(21)24/h3-13,15,25H,1-2H3,(H,26,27)/t15-/m1/s1. The van der Waals surface area contributed by atoms with Gasteiger partial charge in [0.05, 0.1) is 0 Å². The van der Waals surface area contributed by atoms with Gasteiger partial charge in [0.2, 0.25) is 5.91 Å². The Balaban J connectivity index is 1.60. The van der Waals surface area contributed by atoms with E-state index in [-0.39, 0.29) is 0 Å². The topological polar surface area (TPSA) is 50.4 Å². The average molecular weight is 382 g/mol. The third-order valence-corrected chi connectivity index (χ3v) is 4.10. The first-order valence-electron chi connectivity index (χ1n) is 8.78. The second kappa shape index (κ2) is 8.52. The Labute approximate surface area is 162 Å². The molecule has 28 heavy (non-hydrogen) atoms. The fraction of sp³-hybridized carbons (Fsp3) is 0.136. The Hall–Kier alpha value is -3.41. The smallest absolute Gasteiger partial charge is 0.246 e. The first-order valence-corrected chi connectivity index (χ1v) is 8.78. The highest BCUT2D eigenvalue weighted by Crippen LogP contribution is 2.24. The number of para-hydroxylation sites is 1. The van der Waals surface area contributed by atoms with Gasteiger partial charge in [0.25, 0.3) is 0 Å². The zero-order valence-corrected chi connectivity index (χ0v) is 15.5. The van der Waals surface area contributed by atoms with Gasteiger partial charge in [0.1, 0.15) is 34.9 Å². The summed E-state index contributed by atoms with van der Waals surface area (Å²) in [7, 11) is 0. The lowest BCUT2D eigenvalue weighted by atomic mass is 10.2. The van der Waals surface area contributed by atoms with Gasteiger partial charge in [-0.2, -0.15) is 0 Å². The van der Waals surface area contributed by atoms with E-state index in [4.69, 9.17) is 4.74 Å². The van der Waals surface area contributed by atoms with Gasteiger partial charge in [-0.1, -0.05) is 23.8 Å². The van der Waals surface area contributed by atoms with Gasteiger partial charge in [-0.25, -0.2) is 8.78 Å². The third-order valence-electron chi connectivity index (χ3n) is 4.10. The number of halogens is 2. The van der Waals surface area contributed by atoms with Crippen molar-refractivity contribution >= 4 is 17.3 Å². The molecule has 1 atom stereocenters. The van der Waals surface area contributed by atoms with Crippen LogP contribution in [0, 0.1) is 18.6 Å². The summed E-state index contributed by atoms with van der Waals surface area (Å²) in [6.07, 6.45) is 0. The lowest BCUT2D eigenvalue weighted by Gasteiger charge is -2.16. The highest BCUT2D eigenvalue weighted by Gasteiger charge is 2.17. The van der Waals surface area contributed by atoms with E-state index < -0.39 is 29.3 Å². The highest BCUT2D eigenvalue weighted by molar-refractivity contribution is 5.96. The second-order valence-corrected chi connectivity index (χ2v) is 6.39. The molecule has 3 aromatic carbocycles. The molecule has 0 aliphatic carbocycles.